The minimum atomic E-state index is -0.686. The van der Waals surface area contributed by atoms with Gasteiger partial charge in [-0.1, -0.05) is 78.9 Å². The van der Waals surface area contributed by atoms with E-state index in [9.17, 15) is 9.90 Å². The molecule has 1 heterocycles. The van der Waals surface area contributed by atoms with Gasteiger partial charge in [0.2, 0.25) is 5.91 Å². The number of nitrogens with one attached hydrogen (secondary N) is 1. The van der Waals surface area contributed by atoms with E-state index in [4.69, 9.17) is 0 Å². The molecule has 2 N–H and O–H groups in total. The van der Waals surface area contributed by atoms with Crippen LogP contribution >= 0.6 is 0 Å². The molecule has 0 fully saturated rings. The highest BCUT2D eigenvalue weighted by Crippen LogP contribution is 2.36. The van der Waals surface area contributed by atoms with Crippen LogP contribution in [-0.4, -0.2) is 23.6 Å². The van der Waals surface area contributed by atoms with Crippen molar-refractivity contribution in [2.24, 2.45) is 0 Å². The predicted octanol–water partition coefficient (Wildman–Crippen LogP) is 4.55. The molecule has 0 radical (unpaired) electrons. The summed E-state index contributed by atoms with van der Waals surface area (Å²) in [5, 5.41) is 13.8. The molecule has 2 atom stereocenters. The van der Waals surface area contributed by atoms with Crippen molar-refractivity contribution in [3.8, 4) is 0 Å². The summed E-state index contributed by atoms with van der Waals surface area (Å²) in [6.07, 6.45) is 3.39. The minimum absolute atomic E-state index is 0.0688. The number of aliphatic hydroxyl groups excluding tert-OH is 1. The molecular weight excluding hydrogens is 360 g/mol. The van der Waals surface area contributed by atoms with Gasteiger partial charge in [-0.25, -0.2) is 0 Å². The Labute approximate surface area is 171 Å². The maximum absolute atomic E-state index is 13.3. The van der Waals surface area contributed by atoms with Crippen LogP contribution in [0.5, 0.6) is 0 Å². The van der Waals surface area contributed by atoms with Gasteiger partial charge in [0.25, 0.3) is 0 Å². The van der Waals surface area contributed by atoms with Gasteiger partial charge in [-0.05, 0) is 35.7 Å². The van der Waals surface area contributed by atoms with Gasteiger partial charge >= 0.3 is 0 Å². The van der Waals surface area contributed by atoms with Gasteiger partial charge < -0.3 is 10.4 Å². The van der Waals surface area contributed by atoms with Gasteiger partial charge in [-0.3, -0.25) is 9.69 Å². The van der Waals surface area contributed by atoms with E-state index in [1.165, 1.54) is 0 Å². The summed E-state index contributed by atoms with van der Waals surface area (Å²) in [4.78, 5) is 15.1. The first-order chi connectivity index (χ1) is 14.1. The number of aliphatic hydroxyl groups is 1. The maximum Gasteiger partial charge on any atom is 0.245 e. The Morgan fingerprint density at radius 2 is 1.38 bits per heavy atom. The number of nitrogens with zero attached hydrogens (tertiary/aromatic N) is 1. The number of benzene rings is 3. The third-order valence-corrected chi connectivity index (χ3v) is 5.24. The summed E-state index contributed by atoms with van der Waals surface area (Å²) in [7, 11) is 0. The molecule has 0 saturated heterocycles. The van der Waals surface area contributed by atoms with Crippen molar-refractivity contribution < 1.29 is 9.90 Å². The molecule has 4 heteroatoms. The van der Waals surface area contributed by atoms with E-state index in [0.29, 0.717) is 0 Å². The average molecular weight is 384 g/mol. The van der Waals surface area contributed by atoms with Crippen molar-refractivity contribution in [3.05, 3.63) is 95.6 Å². The average Bonchev–Trinajstić information content (AvgIpc) is 2.94. The number of carbonyl (C=O) groups is 1. The van der Waals surface area contributed by atoms with Crippen molar-refractivity contribution in [1.82, 2.24) is 5.32 Å². The van der Waals surface area contributed by atoms with Crippen LogP contribution in [0.4, 0.5) is 11.4 Å². The van der Waals surface area contributed by atoms with Gasteiger partial charge in [-0.2, -0.15) is 0 Å². The number of anilines is 2. The molecule has 0 spiro atoms. The number of para-hydroxylation sites is 2. The molecule has 1 aliphatic heterocycles. The first-order valence-corrected chi connectivity index (χ1v) is 9.80. The molecule has 0 aliphatic carbocycles. The van der Waals surface area contributed by atoms with E-state index in [1.54, 1.807) is 4.90 Å². The molecule has 4 nitrogen and oxygen atoms in total. The summed E-state index contributed by atoms with van der Waals surface area (Å²) in [6.45, 7) is 2.00. The van der Waals surface area contributed by atoms with Gasteiger partial charge in [0.1, 0.15) is 0 Å². The second kappa shape index (κ2) is 8.43. The molecule has 3 aromatic carbocycles. The predicted molar refractivity (Wildman–Crippen MR) is 118 cm³/mol. The van der Waals surface area contributed by atoms with Crippen LogP contribution in [0.15, 0.2) is 78.9 Å². The van der Waals surface area contributed by atoms with E-state index in [2.05, 4.69) is 5.32 Å². The Bertz CT molecular complexity index is 980. The molecule has 1 aliphatic rings. The van der Waals surface area contributed by atoms with E-state index >= 15 is 0 Å². The molecule has 0 saturated carbocycles. The SMILES string of the molecule is CC(NCC(=O)N1c2ccccc2C=Cc2ccccc21)C(O)c1ccccc1. The van der Waals surface area contributed by atoms with Crippen LogP contribution in [0.2, 0.25) is 0 Å². The smallest absolute Gasteiger partial charge is 0.245 e. The van der Waals surface area contributed by atoms with Crippen LogP contribution in [0.1, 0.15) is 29.7 Å². The van der Waals surface area contributed by atoms with Gasteiger partial charge in [0.15, 0.2) is 0 Å². The molecule has 0 aromatic heterocycles. The van der Waals surface area contributed by atoms with Crippen molar-refractivity contribution in [1.29, 1.82) is 0 Å². The number of hydrogen-bond donors (Lipinski definition) is 2. The van der Waals surface area contributed by atoms with Crippen molar-refractivity contribution >= 4 is 29.4 Å². The fourth-order valence-electron chi connectivity index (χ4n) is 3.62. The topological polar surface area (TPSA) is 52.6 Å². The zero-order valence-electron chi connectivity index (χ0n) is 16.3. The lowest BCUT2D eigenvalue weighted by Crippen LogP contribution is -2.41. The number of fused-ring (bicyclic) bond motifs is 2. The molecule has 29 heavy (non-hydrogen) atoms. The Morgan fingerprint density at radius 1 is 0.862 bits per heavy atom. The quantitative estimate of drug-likeness (QED) is 0.679. The van der Waals surface area contributed by atoms with Gasteiger partial charge in [0, 0.05) is 6.04 Å². The maximum atomic E-state index is 13.3. The van der Waals surface area contributed by atoms with E-state index in [1.807, 2.05) is 97.9 Å². The van der Waals surface area contributed by atoms with Gasteiger partial charge in [-0.15, -0.1) is 0 Å². The van der Waals surface area contributed by atoms with Crippen molar-refractivity contribution in [2.45, 2.75) is 19.1 Å². The fourth-order valence-corrected chi connectivity index (χ4v) is 3.62. The largest absolute Gasteiger partial charge is 0.387 e. The molecule has 4 rings (SSSR count). The molecule has 3 aromatic rings. The highest BCUT2D eigenvalue weighted by molar-refractivity contribution is 6.07. The lowest BCUT2D eigenvalue weighted by molar-refractivity contribution is -0.117. The Balaban J connectivity index is 1.56. The van der Waals surface area contributed by atoms with Crippen molar-refractivity contribution in [2.75, 3.05) is 11.4 Å². The third kappa shape index (κ3) is 3.99. The van der Waals surface area contributed by atoms with Crippen LogP contribution in [0, 0.1) is 0 Å². The first-order valence-electron chi connectivity index (χ1n) is 9.80. The second-order valence-electron chi connectivity index (χ2n) is 7.21. The van der Waals surface area contributed by atoms with E-state index < -0.39 is 6.10 Å². The van der Waals surface area contributed by atoms with Crippen LogP contribution in [0.25, 0.3) is 12.2 Å². The molecule has 0 bridgehead atoms. The zero-order chi connectivity index (χ0) is 20.2. The molecular formula is C25H24N2O2. The number of rotatable bonds is 5. The monoisotopic (exact) mass is 384 g/mol. The number of hydrogen-bond acceptors (Lipinski definition) is 3. The normalized spacial score (nSPS) is 14.5. The van der Waals surface area contributed by atoms with Crippen molar-refractivity contribution in [3.63, 3.8) is 0 Å². The Kier molecular flexibility index (Phi) is 5.56. The Hall–Kier alpha value is -3.21. The lowest BCUT2D eigenvalue weighted by Gasteiger charge is -2.27. The highest BCUT2D eigenvalue weighted by atomic mass is 16.3. The zero-order valence-corrected chi connectivity index (χ0v) is 16.3. The second-order valence-corrected chi connectivity index (χ2v) is 7.21. The first kappa shape index (κ1) is 19.1. The third-order valence-electron chi connectivity index (χ3n) is 5.24. The summed E-state index contributed by atoms with van der Waals surface area (Å²) in [5.41, 5.74) is 4.53. The number of carbonyl (C=O) groups excluding carboxylic acids is 1. The molecule has 146 valence electrons. The minimum Gasteiger partial charge on any atom is -0.387 e. The van der Waals surface area contributed by atoms with Crippen LogP contribution in [0.3, 0.4) is 0 Å². The van der Waals surface area contributed by atoms with Crippen LogP contribution in [-0.2, 0) is 4.79 Å². The summed E-state index contributed by atoms with van der Waals surface area (Å²) >= 11 is 0. The summed E-state index contributed by atoms with van der Waals surface area (Å²) in [5.74, 6) is -0.0688. The Morgan fingerprint density at radius 3 is 1.97 bits per heavy atom. The molecule has 2 unspecified atom stereocenters. The summed E-state index contributed by atoms with van der Waals surface area (Å²) < 4.78 is 0. The highest BCUT2D eigenvalue weighted by Gasteiger charge is 2.25. The fraction of sp³-hybridized carbons (Fsp3) is 0.160. The van der Waals surface area contributed by atoms with E-state index in [0.717, 1.165) is 28.1 Å². The van der Waals surface area contributed by atoms with Crippen LogP contribution < -0.4 is 10.2 Å². The number of amides is 1. The molecule has 1 amide bonds. The van der Waals surface area contributed by atoms with E-state index in [-0.39, 0.29) is 18.5 Å². The lowest BCUT2D eigenvalue weighted by atomic mass is 10.0. The standard InChI is InChI=1S/C25H24N2O2/c1-18(25(29)21-11-3-2-4-12-21)26-17-24(28)27-22-13-7-5-9-19(22)15-16-20-10-6-8-14-23(20)27/h2-16,18,25-26,29H,17H2,1H3. The van der Waals surface area contributed by atoms with Gasteiger partial charge in [0.05, 0.1) is 24.0 Å². The summed E-state index contributed by atoms with van der Waals surface area (Å²) in [6, 6.07) is 25.0.